The Morgan fingerprint density at radius 2 is 1.39 bits per heavy atom. The highest BCUT2D eigenvalue weighted by molar-refractivity contribution is 5.96. The molecule has 1 amide bonds. The second-order valence-electron chi connectivity index (χ2n) is 7.39. The Bertz CT molecular complexity index is 1060. The number of benzene rings is 3. The first kappa shape index (κ1) is 16.7. The number of nitrogens with zero attached hydrogens (tertiary/aromatic N) is 1. The molecule has 0 heterocycles. The van der Waals surface area contributed by atoms with Gasteiger partial charge in [-0.25, -0.2) is 0 Å². The third-order valence-corrected chi connectivity index (χ3v) is 6.00. The van der Waals surface area contributed by atoms with E-state index in [-0.39, 0.29) is 35.0 Å². The number of carbonyl (C=O) groups excluding carboxylic acids is 1. The molecule has 5 heteroatoms. The van der Waals surface area contributed by atoms with Gasteiger partial charge in [0.25, 0.3) is 5.69 Å². The van der Waals surface area contributed by atoms with Gasteiger partial charge in [-0.15, -0.1) is 0 Å². The third-order valence-electron chi connectivity index (χ3n) is 6.00. The SMILES string of the molecule is O=C(Nc1ccccc1[N+](=O)[O-])[C@@H]1CC2c3ccccc3C1c1ccccc12. The second-order valence-corrected chi connectivity index (χ2v) is 7.39. The maximum absolute atomic E-state index is 13.2. The Morgan fingerprint density at radius 3 is 2.00 bits per heavy atom. The number of rotatable bonds is 3. The summed E-state index contributed by atoms with van der Waals surface area (Å²) in [7, 11) is 0. The van der Waals surface area contributed by atoms with Gasteiger partial charge in [0, 0.05) is 17.9 Å². The molecule has 3 aliphatic carbocycles. The fourth-order valence-corrected chi connectivity index (χ4v) is 4.86. The Labute approximate surface area is 162 Å². The smallest absolute Gasteiger partial charge is 0.292 e. The van der Waals surface area contributed by atoms with Gasteiger partial charge in [0.1, 0.15) is 5.69 Å². The van der Waals surface area contributed by atoms with E-state index >= 15 is 0 Å². The highest BCUT2D eigenvalue weighted by atomic mass is 16.6. The van der Waals surface area contributed by atoms with E-state index in [0.717, 1.165) is 0 Å². The number of para-hydroxylation sites is 2. The Hall–Kier alpha value is -3.47. The van der Waals surface area contributed by atoms with Gasteiger partial charge in [0.2, 0.25) is 5.91 Å². The van der Waals surface area contributed by atoms with Crippen LogP contribution in [0.3, 0.4) is 0 Å². The molecule has 2 bridgehead atoms. The summed E-state index contributed by atoms with van der Waals surface area (Å²) in [5.74, 6) is -0.262. The Balaban J connectivity index is 1.54. The van der Waals surface area contributed by atoms with Gasteiger partial charge in [-0.2, -0.15) is 0 Å². The van der Waals surface area contributed by atoms with Crippen LogP contribution in [0.1, 0.15) is 40.5 Å². The topological polar surface area (TPSA) is 72.2 Å². The average Bonchev–Trinajstić information content (AvgIpc) is 2.74. The molecule has 3 aliphatic rings. The minimum atomic E-state index is -0.465. The van der Waals surface area contributed by atoms with Crippen molar-refractivity contribution in [3.05, 3.63) is 105 Å². The molecular weight excluding hydrogens is 352 g/mol. The van der Waals surface area contributed by atoms with Gasteiger partial charge in [0.15, 0.2) is 0 Å². The van der Waals surface area contributed by atoms with Crippen LogP contribution in [0.2, 0.25) is 0 Å². The molecule has 0 radical (unpaired) electrons. The van der Waals surface area contributed by atoms with Crippen molar-refractivity contribution in [2.75, 3.05) is 5.32 Å². The van der Waals surface area contributed by atoms with E-state index in [0.29, 0.717) is 6.42 Å². The van der Waals surface area contributed by atoms with E-state index < -0.39 is 4.92 Å². The van der Waals surface area contributed by atoms with E-state index in [2.05, 4.69) is 29.6 Å². The molecule has 0 spiro atoms. The summed E-state index contributed by atoms with van der Waals surface area (Å²) in [5.41, 5.74) is 5.14. The van der Waals surface area contributed by atoms with Crippen LogP contribution in [-0.4, -0.2) is 10.8 Å². The number of fused-ring (bicyclic) bond motifs is 1. The van der Waals surface area contributed by atoms with Crippen LogP contribution in [0.25, 0.3) is 0 Å². The minimum Gasteiger partial charge on any atom is -0.320 e. The monoisotopic (exact) mass is 370 g/mol. The molecule has 0 saturated carbocycles. The minimum absolute atomic E-state index is 0.0276. The molecule has 6 rings (SSSR count). The highest BCUT2D eigenvalue weighted by Gasteiger charge is 2.46. The molecule has 28 heavy (non-hydrogen) atoms. The van der Waals surface area contributed by atoms with E-state index in [1.807, 2.05) is 24.3 Å². The lowest BCUT2D eigenvalue weighted by Crippen LogP contribution is -2.38. The van der Waals surface area contributed by atoms with Crippen molar-refractivity contribution in [2.24, 2.45) is 5.92 Å². The second kappa shape index (κ2) is 6.30. The molecule has 0 unspecified atom stereocenters. The number of nitrogens with one attached hydrogen (secondary N) is 1. The number of carbonyl (C=O) groups is 1. The van der Waals surface area contributed by atoms with Crippen LogP contribution >= 0.6 is 0 Å². The van der Waals surface area contributed by atoms with Crippen LogP contribution < -0.4 is 5.32 Å². The molecule has 0 saturated heterocycles. The summed E-state index contributed by atoms with van der Waals surface area (Å²) in [6.45, 7) is 0. The van der Waals surface area contributed by atoms with Gasteiger partial charge >= 0.3 is 0 Å². The first-order valence-electron chi connectivity index (χ1n) is 9.37. The first-order chi connectivity index (χ1) is 13.6. The molecule has 1 atom stereocenters. The molecular formula is C23H18N2O3. The summed E-state index contributed by atoms with van der Waals surface area (Å²) < 4.78 is 0. The molecule has 138 valence electrons. The maximum atomic E-state index is 13.2. The first-order valence-corrected chi connectivity index (χ1v) is 9.37. The molecule has 0 aromatic heterocycles. The fourth-order valence-electron chi connectivity index (χ4n) is 4.86. The van der Waals surface area contributed by atoms with Crippen LogP contribution in [0.15, 0.2) is 72.8 Å². The molecule has 3 aromatic carbocycles. The van der Waals surface area contributed by atoms with Crippen LogP contribution in [0, 0.1) is 16.0 Å². The van der Waals surface area contributed by atoms with Gasteiger partial charge in [-0.1, -0.05) is 60.7 Å². The van der Waals surface area contributed by atoms with Crippen molar-refractivity contribution >= 4 is 17.3 Å². The number of amides is 1. The Kier molecular flexibility index (Phi) is 3.76. The number of nitro benzene ring substituents is 1. The lowest BCUT2D eigenvalue weighted by atomic mass is 9.59. The molecule has 3 aromatic rings. The third kappa shape index (κ3) is 2.43. The summed E-state index contributed by atoms with van der Waals surface area (Å²) >= 11 is 0. The van der Waals surface area contributed by atoms with Crippen molar-refractivity contribution < 1.29 is 9.72 Å². The Morgan fingerprint density at radius 1 is 0.857 bits per heavy atom. The predicted octanol–water partition coefficient (Wildman–Crippen LogP) is 4.83. The summed E-state index contributed by atoms with van der Waals surface area (Å²) in [5, 5.41) is 14.1. The van der Waals surface area contributed by atoms with E-state index in [1.165, 1.54) is 28.3 Å². The van der Waals surface area contributed by atoms with E-state index in [4.69, 9.17) is 0 Å². The largest absolute Gasteiger partial charge is 0.320 e. The number of hydrogen-bond donors (Lipinski definition) is 1. The van der Waals surface area contributed by atoms with E-state index in [1.54, 1.807) is 18.2 Å². The predicted molar refractivity (Wildman–Crippen MR) is 106 cm³/mol. The van der Waals surface area contributed by atoms with Crippen molar-refractivity contribution in [3.8, 4) is 0 Å². The fraction of sp³-hybridized carbons (Fsp3) is 0.174. The quantitative estimate of drug-likeness (QED) is 0.530. The lowest BCUT2D eigenvalue weighted by molar-refractivity contribution is -0.383. The molecule has 5 nitrogen and oxygen atoms in total. The van der Waals surface area contributed by atoms with Crippen molar-refractivity contribution in [1.82, 2.24) is 0 Å². The zero-order valence-corrected chi connectivity index (χ0v) is 15.0. The van der Waals surface area contributed by atoms with Crippen LogP contribution in [-0.2, 0) is 4.79 Å². The lowest BCUT2D eigenvalue weighted by Gasteiger charge is -2.44. The van der Waals surface area contributed by atoms with Gasteiger partial charge < -0.3 is 5.32 Å². The van der Waals surface area contributed by atoms with Crippen LogP contribution in [0.4, 0.5) is 11.4 Å². The zero-order chi connectivity index (χ0) is 19.3. The zero-order valence-electron chi connectivity index (χ0n) is 15.0. The van der Waals surface area contributed by atoms with Crippen molar-refractivity contribution in [3.63, 3.8) is 0 Å². The number of hydrogen-bond acceptors (Lipinski definition) is 3. The molecule has 1 N–H and O–H groups in total. The number of nitro groups is 1. The summed E-state index contributed by atoms with van der Waals surface area (Å²) in [6, 6.07) is 22.9. The highest BCUT2D eigenvalue weighted by Crippen LogP contribution is 2.55. The van der Waals surface area contributed by atoms with Gasteiger partial charge in [0.05, 0.1) is 10.8 Å². The standard InChI is InChI=1S/C23H18N2O3/c26-23(24-20-11-5-6-12-21(20)25(27)28)19-13-18-14-7-1-3-9-16(14)22(19)17-10-4-2-8-15(17)18/h1-12,18-19,22H,13H2,(H,24,26)/t18?,19-,22?/m1/s1. The summed E-state index contributed by atoms with van der Waals surface area (Å²) in [6.07, 6.45) is 0.713. The molecule has 0 fully saturated rings. The van der Waals surface area contributed by atoms with Crippen molar-refractivity contribution in [1.29, 1.82) is 0 Å². The summed E-state index contributed by atoms with van der Waals surface area (Å²) in [4.78, 5) is 24.0. The maximum Gasteiger partial charge on any atom is 0.292 e. The number of anilines is 1. The van der Waals surface area contributed by atoms with E-state index in [9.17, 15) is 14.9 Å². The average molecular weight is 370 g/mol. The van der Waals surface area contributed by atoms with Crippen molar-refractivity contribution in [2.45, 2.75) is 18.3 Å². The van der Waals surface area contributed by atoms with Gasteiger partial charge in [-0.3, -0.25) is 14.9 Å². The molecule has 0 aliphatic heterocycles. The van der Waals surface area contributed by atoms with Gasteiger partial charge in [-0.05, 0) is 34.7 Å². The van der Waals surface area contributed by atoms with Crippen LogP contribution in [0.5, 0.6) is 0 Å². The normalized spacial score (nSPS) is 21.5.